The number of nitrogens with zero attached hydrogens (tertiary/aromatic N) is 1. The number of fused-ring (bicyclic) bond motifs is 1. The molecule has 0 aromatic heterocycles. The fourth-order valence-electron chi connectivity index (χ4n) is 6.97. The van der Waals surface area contributed by atoms with E-state index in [0.717, 1.165) is 44.7 Å². The Labute approximate surface area is 154 Å². The number of Topliss-reactive ketones (excluding diaryl/α,β-unsaturated/α-hetero) is 1. The Bertz CT molecular complexity index is 801. The van der Waals surface area contributed by atoms with Crippen molar-refractivity contribution >= 4 is 17.4 Å². The molecular weight excluding hydrogens is 326 g/mol. The van der Waals surface area contributed by atoms with Crippen molar-refractivity contribution in [2.75, 3.05) is 37.6 Å². The van der Waals surface area contributed by atoms with Gasteiger partial charge in [-0.1, -0.05) is 25.5 Å². The summed E-state index contributed by atoms with van der Waals surface area (Å²) in [5.74, 6) is 0.716. The number of anilines is 1. The van der Waals surface area contributed by atoms with Crippen molar-refractivity contribution in [3.05, 3.63) is 29.8 Å². The minimum absolute atomic E-state index is 0.231. The fourth-order valence-corrected chi connectivity index (χ4v) is 6.97. The molecule has 4 saturated heterocycles. The van der Waals surface area contributed by atoms with E-state index in [1.165, 1.54) is 15.4 Å². The maximum atomic E-state index is 13.8. The Kier molecular flexibility index (Phi) is 3.14. The molecule has 2 N–H and O–H groups in total. The summed E-state index contributed by atoms with van der Waals surface area (Å²) in [6.45, 7) is 10.3. The number of amides is 1. The van der Waals surface area contributed by atoms with Gasteiger partial charge in [-0.25, -0.2) is 0 Å². The molecule has 1 aromatic carbocycles. The van der Waals surface area contributed by atoms with E-state index < -0.39 is 5.66 Å². The van der Waals surface area contributed by atoms with E-state index in [1.54, 1.807) is 0 Å². The van der Waals surface area contributed by atoms with Crippen molar-refractivity contribution in [1.29, 1.82) is 0 Å². The first-order chi connectivity index (χ1) is 12.4. The van der Waals surface area contributed by atoms with Crippen molar-refractivity contribution in [3.8, 4) is 0 Å². The molecule has 6 rings (SSSR count). The average Bonchev–Trinajstić information content (AvgIpc) is 2.85. The summed E-state index contributed by atoms with van der Waals surface area (Å²) in [5, 5.41) is 0. The zero-order chi connectivity index (χ0) is 18.3. The van der Waals surface area contributed by atoms with Crippen molar-refractivity contribution in [1.82, 2.24) is 0 Å². The van der Waals surface area contributed by atoms with Crippen LogP contribution in [0.4, 0.5) is 5.69 Å². The number of para-hydroxylation sites is 1. The molecule has 5 aliphatic rings. The Hall–Kier alpha value is -1.72. The lowest BCUT2D eigenvalue weighted by atomic mass is 9.58. The van der Waals surface area contributed by atoms with Gasteiger partial charge in [-0.15, -0.1) is 0 Å². The zero-order valence-electron chi connectivity index (χ0n) is 16.0. The van der Waals surface area contributed by atoms with Crippen molar-refractivity contribution in [3.63, 3.8) is 0 Å². The van der Waals surface area contributed by atoms with E-state index in [9.17, 15) is 9.59 Å². The van der Waals surface area contributed by atoms with Gasteiger partial charge >= 0.3 is 11.6 Å². The van der Waals surface area contributed by atoms with E-state index in [2.05, 4.69) is 39.0 Å². The quantitative estimate of drug-likeness (QED) is 0.759. The second-order valence-electron chi connectivity index (χ2n) is 9.15. The predicted molar refractivity (Wildman–Crippen MR) is 98.0 cm³/mol. The molecule has 1 spiro atoms. The monoisotopic (exact) mass is 355 g/mol. The third-order valence-corrected chi connectivity index (χ3v) is 7.61. The number of benzene rings is 1. The molecule has 2 unspecified atom stereocenters. The highest BCUT2D eigenvalue weighted by Gasteiger charge is 2.79. The number of carbonyl (C=O) groups is 2. The Morgan fingerprint density at radius 1 is 1.04 bits per heavy atom. The highest BCUT2D eigenvalue weighted by molar-refractivity contribution is 6.06. The van der Waals surface area contributed by atoms with Crippen LogP contribution < -0.4 is 14.7 Å². The summed E-state index contributed by atoms with van der Waals surface area (Å²) in [6.07, 6.45) is 1.98. The van der Waals surface area contributed by atoms with E-state index in [4.69, 9.17) is 0 Å². The van der Waals surface area contributed by atoms with Crippen molar-refractivity contribution in [2.24, 2.45) is 10.8 Å². The van der Waals surface area contributed by atoms with E-state index in [-0.39, 0.29) is 16.7 Å². The Balaban J connectivity index is 1.70. The average molecular weight is 355 g/mol. The molecule has 26 heavy (non-hydrogen) atoms. The molecule has 1 aromatic rings. The van der Waals surface area contributed by atoms with Gasteiger partial charge in [0, 0.05) is 6.54 Å². The summed E-state index contributed by atoms with van der Waals surface area (Å²) in [5.41, 5.74) is 1.21. The van der Waals surface area contributed by atoms with Crippen LogP contribution in [0, 0.1) is 10.8 Å². The van der Waals surface area contributed by atoms with Gasteiger partial charge in [0.1, 0.15) is 42.6 Å². The number of carbonyl (C=O) groups excluding carboxylic acids is 2. The number of quaternary nitrogens is 2. The maximum absolute atomic E-state index is 13.8. The summed E-state index contributed by atoms with van der Waals surface area (Å²) in [4.78, 5) is 31.7. The summed E-state index contributed by atoms with van der Waals surface area (Å²) in [7, 11) is 0. The third kappa shape index (κ3) is 1.61. The van der Waals surface area contributed by atoms with Gasteiger partial charge in [0.05, 0.1) is 5.69 Å². The van der Waals surface area contributed by atoms with Gasteiger partial charge in [0.2, 0.25) is 0 Å². The molecule has 5 nitrogen and oxygen atoms in total. The maximum Gasteiger partial charge on any atom is 0.353 e. The van der Waals surface area contributed by atoms with E-state index in [0.29, 0.717) is 12.3 Å². The normalized spacial score (nSPS) is 42.8. The topological polar surface area (TPSA) is 46.3 Å². The fraction of sp³-hybridized carbons (Fsp3) is 0.619. The number of piperidine rings is 2. The lowest BCUT2D eigenvalue weighted by molar-refractivity contribution is -1.20. The number of likely N-dealkylation sites (N-methyl/N-ethyl adjacent to an activating group) is 1. The number of rotatable bonds is 3. The van der Waals surface area contributed by atoms with Crippen LogP contribution in [0.5, 0.6) is 0 Å². The second kappa shape index (κ2) is 4.96. The molecule has 0 radical (unpaired) electrons. The van der Waals surface area contributed by atoms with Crippen LogP contribution in [0.15, 0.2) is 24.3 Å². The summed E-state index contributed by atoms with van der Waals surface area (Å²) < 4.78 is 0. The largest absolute Gasteiger partial charge is 0.353 e. The number of hydrogen-bond donors (Lipinski definition) is 2. The highest BCUT2D eigenvalue weighted by atomic mass is 16.2. The molecule has 138 valence electrons. The van der Waals surface area contributed by atoms with Crippen molar-refractivity contribution < 1.29 is 19.4 Å². The van der Waals surface area contributed by atoms with E-state index >= 15 is 0 Å². The third-order valence-electron chi connectivity index (χ3n) is 7.61. The van der Waals surface area contributed by atoms with Crippen LogP contribution in [0.2, 0.25) is 0 Å². The number of nitrogens with one attached hydrogen (secondary N) is 2. The molecule has 0 saturated carbocycles. The van der Waals surface area contributed by atoms with Crippen LogP contribution in [-0.2, 0) is 15.3 Å². The van der Waals surface area contributed by atoms with Gasteiger partial charge in [0.15, 0.2) is 5.78 Å². The lowest BCUT2D eigenvalue weighted by Gasteiger charge is -2.62. The summed E-state index contributed by atoms with van der Waals surface area (Å²) >= 11 is 0. The van der Waals surface area contributed by atoms with Gasteiger partial charge < -0.3 is 4.90 Å². The molecule has 5 aliphatic heterocycles. The van der Waals surface area contributed by atoms with Gasteiger partial charge in [0.25, 0.3) is 0 Å². The first kappa shape index (κ1) is 16.5. The van der Waals surface area contributed by atoms with Crippen molar-refractivity contribution in [2.45, 2.75) is 39.3 Å². The number of hydrogen-bond acceptors (Lipinski definition) is 2. The first-order valence-corrected chi connectivity index (χ1v) is 10.1. The van der Waals surface area contributed by atoms with Gasteiger partial charge in [-0.3, -0.25) is 19.4 Å². The minimum Gasteiger partial charge on any atom is -0.301 e. The van der Waals surface area contributed by atoms with E-state index in [1.807, 2.05) is 11.0 Å². The molecule has 4 fully saturated rings. The van der Waals surface area contributed by atoms with Crippen LogP contribution >= 0.6 is 0 Å². The Morgan fingerprint density at radius 2 is 1.69 bits per heavy atom. The minimum atomic E-state index is -0.538. The molecule has 2 atom stereocenters. The zero-order valence-corrected chi connectivity index (χ0v) is 16.0. The predicted octanol–water partition coefficient (Wildman–Crippen LogP) is -0.622. The molecule has 0 aliphatic carbocycles. The molecular formula is C21H29N3O2+2. The SMILES string of the molecule is CCCC12C[NH+]3CC(C)(C[NH+](C1)C31C(=O)N(CC)c3ccccc31)C2=O. The second-order valence-corrected chi connectivity index (χ2v) is 9.15. The van der Waals surface area contributed by atoms with Crippen LogP contribution in [0.25, 0.3) is 0 Å². The molecule has 4 bridgehead atoms. The first-order valence-electron chi connectivity index (χ1n) is 10.1. The summed E-state index contributed by atoms with van der Waals surface area (Å²) in [6, 6.07) is 8.34. The number of ketones is 1. The Morgan fingerprint density at radius 3 is 2.31 bits per heavy atom. The van der Waals surface area contributed by atoms with Crippen LogP contribution in [0.3, 0.4) is 0 Å². The van der Waals surface area contributed by atoms with Crippen LogP contribution in [0.1, 0.15) is 39.2 Å². The molecule has 5 heteroatoms. The van der Waals surface area contributed by atoms with Gasteiger partial charge in [-0.05, 0) is 32.4 Å². The lowest BCUT2D eigenvalue weighted by Crippen LogP contribution is -3.48. The van der Waals surface area contributed by atoms with Gasteiger partial charge in [-0.2, -0.15) is 0 Å². The molecule has 1 amide bonds. The smallest absolute Gasteiger partial charge is 0.301 e. The standard InChI is InChI=1S/C21H27N3O2/c1-4-10-20-13-22-11-19(3,17(20)25)12-23(14-20)21(22)15-8-6-7-9-16(15)24(5-2)18(21)26/h6-9H,4-5,10-14H2,1-3H3/p+2. The highest BCUT2D eigenvalue weighted by Crippen LogP contribution is 2.44. The van der Waals surface area contributed by atoms with Crippen LogP contribution in [-0.4, -0.2) is 44.4 Å². The molecule has 5 heterocycles.